The summed E-state index contributed by atoms with van der Waals surface area (Å²) in [5.41, 5.74) is 3.70. The molecule has 0 aliphatic rings. The van der Waals surface area contributed by atoms with Gasteiger partial charge in [0.25, 0.3) is 5.91 Å². The van der Waals surface area contributed by atoms with E-state index < -0.39 is 11.9 Å². The molecule has 3 aromatic rings. The number of carbonyl (C=O) groups is 2. The molecule has 0 bridgehead atoms. The van der Waals surface area contributed by atoms with Gasteiger partial charge in [-0.25, -0.2) is 10.2 Å². The second-order valence-electron chi connectivity index (χ2n) is 5.87. The molecule has 7 heteroatoms. The molecule has 1 N–H and O–H groups in total. The molecule has 0 radical (unpaired) electrons. The number of hydrogen-bond donors (Lipinski definition) is 1. The van der Waals surface area contributed by atoms with Crippen LogP contribution in [0.5, 0.6) is 11.5 Å². The van der Waals surface area contributed by atoms with Gasteiger partial charge in [0.05, 0.1) is 18.9 Å². The third-order valence-electron chi connectivity index (χ3n) is 3.91. The van der Waals surface area contributed by atoms with Gasteiger partial charge in [-0.1, -0.05) is 29.8 Å². The number of amides is 1. The highest BCUT2D eigenvalue weighted by molar-refractivity contribution is 6.31. The van der Waals surface area contributed by atoms with Crippen LogP contribution in [0.2, 0.25) is 5.02 Å². The molecule has 0 atom stereocenters. The zero-order valence-electron chi connectivity index (χ0n) is 15.5. The topological polar surface area (TPSA) is 77.0 Å². The number of hydrogen-bond acceptors (Lipinski definition) is 5. The van der Waals surface area contributed by atoms with Gasteiger partial charge in [0.15, 0.2) is 0 Å². The quantitative estimate of drug-likeness (QED) is 0.285. The van der Waals surface area contributed by atoms with E-state index in [9.17, 15) is 9.59 Å². The van der Waals surface area contributed by atoms with Gasteiger partial charge in [-0.15, -0.1) is 0 Å². The molecule has 3 aromatic carbocycles. The van der Waals surface area contributed by atoms with E-state index in [2.05, 4.69) is 10.5 Å². The number of hydrazone groups is 1. The molecule has 0 saturated heterocycles. The predicted octanol–water partition coefficient (Wildman–Crippen LogP) is 4.33. The zero-order valence-corrected chi connectivity index (χ0v) is 16.2. The van der Waals surface area contributed by atoms with Crippen molar-refractivity contribution in [1.82, 2.24) is 5.43 Å². The monoisotopic (exact) mass is 408 g/mol. The summed E-state index contributed by atoms with van der Waals surface area (Å²) in [5, 5.41) is 4.37. The molecular weight excluding hydrogens is 392 g/mol. The smallest absolute Gasteiger partial charge is 0.343 e. The van der Waals surface area contributed by atoms with Crippen molar-refractivity contribution in [2.24, 2.45) is 5.10 Å². The number of nitrogens with zero attached hydrogens (tertiary/aromatic N) is 1. The Morgan fingerprint density at radius 1 is 0.966 bits per heavy atom. The van der Waals surface area contributed by atoms with Crippen molar-refractivity contribution in [2.45, 2.75) is 0 Å². The molecular formula is C22H17ClN2O4. The van der Waals surface area contributed by atoms with Crippen molar-refractivity contribution < 1.29 is 19.1 Å². The Morgan fingerprint density at radius 3 is 2.38 bits per heavy atom. The SMILES string of the molecule is COc1ccc(C(=O)N/N=C/c2cc(Cl)ccc2OC(=O)c2ccccc2)cc1. The molecule has 0 unspecified atom stereocenters. The van der Waals surface area contributed by atoms with Gasteiger partial charge in [0.2, 0.25) is 0 Å². The molecule has 0 spiro atoms. The summed E-state index contributed by atoms with van der Waals surface area (Å²) in [4.78, 5) is 24.5. The number of methoxy groups -OCH3 is 1. The minimum absolute atomic E-state index is 0.269. The highest BCUT2D eigenvalue weighted by Gasteiger charge is 2.11. The van der Waals surface area contributed by atoms with E-state index in [1.54, 1.807) is 73.8 Å². The van der Waals surface area contributed by atoms with Crippen LogP contribution < -0.4 is 14.9 Å². The van der Waals surface area contributed by atoms with Gasteiger partial charge in [-0.3, -0.25) is 4.79 Å². The van der Waals surface area contributed by atoms with Crippen molar-refractivity contribution in [3.63, 3.8) is 0 Å². The number of rotatable bonds is 6. The maximum Gasteiger partial charge on any atom is 0.343 e. The fourth-order valence-electron chi connectivity index (χ4n) is 2.41. The van der Waals surface area contributed by atoms with Crippen LogP contribution in [0.3, 0.4) is 0 Å². The first-order valence-corrected chi connectivity index (χ1v) is 8.99. The Morgan fingerprint density at radius 2 is 1.69 bits per heavy atom. The largest absolute Gasteiger partial charge is 0.497 e. The van der Waals surface area contributed by atoms with Crippen LogP contribution in [-0.2, 0) is 0 Å². The second kappa shape index (κ2) is 9.52. The summed E-state index contributed by atoms with van der Waals surface area (Å²) in [5.74, 6) is 0.0122. The average Bonchev–Trinajstić information content (AvgIpc) is 2.76. The molecule has 0 fully saturated rings. The molecule has 6 nitrogen and oxygen atoms in total. The molecule has 0 saturated carbocycles. The molecule has 1 amide bonds. The lowest BCUT2D eigenvalue weighted by atomic mass is 10.2. The average molecular weight is 409 g/mol. The van der Waals surface area contributed by atoms with Gasteiger partial charge in [0, 0.05) is 16.1 Å². The third-order valence-corrected chi connectivity index (χ3v) is 4.14. The van der Waals surface area contributed by atoms with E-state index >= 15 is 0 Å². The Hall–Kier alpha value is -3.64. The molecule has 0 aliphatic carbocycles. The number of nitrogens with one attached hydrogen (secondary N) is 1. The molecule has 0 aromatic heterocycles. The van der Waals surface area contributed by atoms with Crippen molar-refractivity contribution in [2.75, 3.05) is 7.11 Å². The second-order valence-corrected chi connectivity index (χ2v) is 6.30. The van der Waals surface area contributed by atoms with Crippen LogP contribution >= 0.6 is 11.6 Å². The van der Waals surface area contributed by atoms with Crippen molar-refractivity contribution >= 4 is 29.7 Å². The van der Waals surface area contributed by atoms with Crippen LogP contribution in [0.15, 0.2) is 77.9 Å². The van der Waals surface area contributed by atoms with E-state index in [-0.39, 0.29) is 5.75 Å². The van der Waals surface area contributed by atoms with Crippen LogP contribution in [0.25, 0.3) is 0 Å². The van der Waals surface area contributed by atoms with E-state index in [1.807, 2.05) is 6.07 Å². The number of halogens is 1. The molecule has 0 aliphatic heterocycles. The molecule has 146 valence electrons. The standard InChI is InChI=1S/C22H17ClN2O4/c1-28-19-10-7-15(8-11-19)21(26)25-24-14-17-13-18(23)9-12-20(17)29-22(27)16-5-3-2-4-6-16/h2-14H,1H3,(H,25,26)/b24-14+. The third kappa shape index (κ3) is 5.43. The summed E-state index contributed by atoms with van der Waals surface area (Å²) in [7, 11) is 1.55. The van der Waals surface area contributed by atoms with Crippen LogP contribution in [0.1, 0.15) is 26.3 Å². The fourth-order valence-corrected chi connectivity index (χ4v) is 2.59. The van der Waals surface area contributed by atoms with Gasteiger partial charge in [-0.2, -0.15) is 5.10 Å². The van der Waals surface area contributed by atoms with Crippen molar-refractivity contribution in [1.29, 1.82) is 0 Å². The van der Waals surface area contributed by atoms with Gasteiger partial charge < -0.3 is 9.47 Å². The summed E-state index contributed by atoms with van der Waals surface area (Å²) in [6, 6.07) is 20.0. The van der Waals surface area contributed by atoms with Crippen LogP contribution in [0, 0.1) is 0 Å². The lowest BCUT2D eigenvalue weighted by molar-refractivity contribution is 0.0734. The van der Waals surface area contributed by atoms with E-state index in [0.29, 0.717) is 27.5 Å². The van der Waals surface area contributed by atoms with E-state index in [4.69, 9.17) is 21.1 Å². The highest BCUT2D eigenvalue weighted by atomic mass is 35.5. The zero-order chi connectivity index (χ0) is 20.6. The number of esters is 1. The summed E-state index contributed by atoms with van der Waals surface area (Å²) < 4.78 is 10.5. The first-order chi connectivity index (χ1) is 14.1. The minimum atomic E-state index is -0.509. The highest BCUT2D eigenvalue weighted by Crippen LogP contribution is 2.22. The van der Waals surface area contributed by atoms with Gasteiger partial charge in [-0.05, 0) is 54.6 Å². The predicted molar refractivity (Wildman–Crippen MR) is 111 cm³/mol. The minimum Gasteiger partial charge on any atom is -0.497 e. The summed E-state index contributed by atoms with van der Waals surface area (Å²) in [6.07, 6.45) is 1.36. The molecule has 0 heterocycles. The van der Waals surface area contributed by atoms with Gasteiger partial charge >= 0.3 is 5.97 Å². The van der Waals surface area contributed by atoms with Crippen molar-refractivity contribution in [3.8, 4) is 11.5 Å². The molecule has 3 rings (SSSR count). The summed E-state index contributed by atoms with van der Waals surface area (Å²) in [6.45, 7) is 0. The maximum absolute atomic E-state index is 12.3. The Balaban J connectivity index is 1.71. The molecule has 29 heavy (non-hydrogen) atoms. The first kappa shape index (κ1) is 20.1. The maximum atomic E-state index is 12.3. The Kier molecular flexibility index (Phi) is 6.60. The normalized spacial score (nSPS) is 10.6. The number of carbonyl (C=O) groups excluding carboxylic acids is 2. The number of benzene rings is 3. The van der Waals surface area contributed by atoms with Crippen LogP contribution in [-0.4, -0.2) is 25.2 Å². The van der Waals surface area contributed by atoms with E-state index in [1.165, 1.54) is 6.21 Å². The number of ether oxygens (including phenoxy) is 2. The Labute approximate surface area is 172 Å². The fraction of sp³-hybridized carbons (Fsp3) is 0.0455. The van der Waals surface area contributed by atoms with Crippen LogP contribution in [0.4, 0.5) is 0 Å². The van der Waals surface area contributed by atoms with Crippen molar-refractivity contribution in [3.05, 3.63) is 94.5 Å². The summed E-state index contributed by atoms with van der Waals surface area (Å²) >= 11 is 6.03. The Bertz CT molecular complexity index is 1030. The van der Waals surface area contributed by atoms with Gasteiger partial charge in [0.1, 0.15) is 11.5 Å². The lowest BCUT2D eigenvalue weighted by Crippen LogP contribution is -2.17. The first-order valence-electron chi connectivity index (χ1n) is 8.61. The van der Waals surface area contributed by atoms with E-state index in [0.717, 1.165) is 0 Å². The lowest BCUT2D eigenvalue weighted by Gasteiger charge is -2.08.